The Labute approximate surface area is 97.7 Å². The normalized spacial score (nSPS) is 12.8. The van der Waals surface area contributed by atoms with Crippen LogP contribution in [-0.2, 0) is 0 Å². The molecule has 0 amide bonds. The van der Waals surface area contributed by atoms with E-state index in [2.05, 4.69) is 36.1 Å². The Hall–Kier alpha value is -1.16. The second kappa shape index (κ2) is 6.43. The summed E-state index contributed by atoms with van der Waals surface area (Å²) in [4.78, 5) is 8.40. The van der Waals surface area contributed by atoms with Crippen molar-refractivity contribution in [2.45, 2.75) is 45.6 Å². The Morgan fingerprint density at radius 1 is 1.38 bits per heavy atom. The number of nitrogens with two attached hydrogens (primary N) is 1. The van der Waals surface area contributed by atoms with Crippen molar-refractivity contribution in [2.24, 2.45) is 5.73 Å². The van der Waals surface area contributed by atoms with Crippen LogP contribution in [0, 0.1) is 0 Å². The van der Waals surface area contributed by atoms with Crippen LogP contribution in [0.1, 0.15) is 45.2 Å². The highest BCUT2D eigenvalue weighted by molar-refractivity contribution is 5.35. The van der Waals surface area contributed by atoms with Gasteiger partial charge in [-0.2, -0.15) is 0 Å². The van der Waals surface area contributed by atoms with E-state index in [1.807, 2.05) is 6.07 Å². The van der Waals surface area contributed by atoms with Crippen LogP contribution in [0.3, 0.4) is 0 Å². The zero-order chi connectivity index (χ0) is 12.0. The molecule has 1 aromatic rings. The second-order valence-electron chi connectivity index (χ2n) is 4.37. The third kappa shape index (κ3) is 4.14. The van der Waals surface area contributed by atoms with E-state index in [-0.39, 0.29) is 6.04 Å². The molecule has 3 N–H and O–H groups in total. The minimum absolute atomic E-state index is 0.277. The SMILES string of the molecule is CCC(N)CCNc1cc(C(C)C)ncn1. The third-order valence-corrected chi connectivity index (χ3v) is 2.63. The lowest BCUT2D eigenvalue weighted by Crippen LogP contribution is -2.22. The van der Waals surface area contributed by atoms with Gasteiger partial charge in [-0.1, -0.05) is 20.8 Å². The molecule has 0 fully saturated rings. The second-order valence-corrected chi connectivity index (χ2v) is 4.37. The molecule has 0 aliphatic carbocycles. The zero-order valence-electron chi connectivity index (χ0n) is 10.4. The summed E-state index contributed by atoms with van der Waals surface area (Å²) in [6.07, 6.45) is 3.59. The molecule has 0 spiro atoms. The topological polar surface area (TPSA) is 63.8 Å². The summed E-state index contributed by atoms with van der Waals surface area (Å²) < 4.78 is 0. The molecule has 1 unspecified atom stereocenters. The van der Waals surface area contributed by atoms with Crippen molar-refractivity contribution in [3.63, 3.8) is 0 Å². The monoisotopic (exact) mass is 222 g/mol. The minimum Gasteiger partial charge on any atom is -0.370 e. The van der Waals surface area contributed by atoms with E-state index in [0.29, 0.717) is 5.92 Å². The highest BCUT2D eigenvalue weighted by Crippen LogP contribution is 2.13. The van der Waals surface area contributed by atoms with Crippen molar-refractivity contribution in [3.8, 4) is 0 Å². The molecular formula is C12H22N4. The Morgan fingerprint density at radius 3 is 2.75 bits per heavy atom. The molecule has 0 bridgehead atoms. The Bertz CT molecular complexity index is 312. The van der Waals surface area contributed by atoms with Crippen LogP contribution in [0.15, 0.2) is 12.4 Å². The predicted molar refractivity (Wildman–Crippen MR) is 67.5 cm³/mol. The number of rotatable bonds is 6. The first-order valence-electron chi connectivity index (χ1n) is 5.94. The number of nitrogens with zero attached hydrogens (tertiary/aromatic N) is 2. The fraction of sp³-hybridized carbons (Fsp3) is 0.667. The van der Waals surface area contributed by atoms with Gasteiger partial charge < -0.3 is 11.1 Å². The van der Waals surface area contributed by atoms with E-state index in [1.165, 1.54) is 0 Å². The molecular weight excluding hydrogens is 200 g/mol. The molecule has 1 aromatic heterocycles. The number of anilines is 1. The molecule has 1 atom stereocenters. The van der Waals surface area contributed by atoms with Gasteiger partial charge in [-0.3, -0.25) is 0 Å². The van der Waals surface area contributed by atoms with Gasteiger partial charge in [0.2, 0.25) is 0 Å². The molecule has 0 aromatic carbocycles. The molecule has 4 heteroatoms. The van der Waals surface area contributed by atoms with Crippen molar-refractivity contribution in [1.82, 2.24) is 9.97 Å². The van der Waals surface area contributed by atoms with Gasteiger partial charge in [0.15, 0.2) is 0 Å². The summed E-state index contributed by atoms with van der Waals surface area (Å²) >= 11 is 0. The molecule has 90 valence electrons. The van der Waals surface area contributed by atoms with Gasteiger partial charge in [0.1, 0.15) is 12.1 Å². The van der Waals surface area contributed by atoms with Crippen LogP contribution in [-0.4, -0.2) is 22.6 Å². The first-order chi connectivity index (χ1) is 7.63. The lowest BCUT2D eigenvalue weighted by Gasteiger charge is -2.11. The maximum absolute atomic E-state index is 5.84. The number of hydrogen-bond acceptors (Lipinski definition) is 4. The number of hydrogen-bond donors (Lipinski definition) is 2. The smallest absolute Gasteiger partial charge is 0.129 e. The van der Waals surface area contributed by atoms with Crippen LogP contribution >= 0.6 is 0 Å². The van der Waals surface area contributed by atoms with Gasteiger partial charge in [0.25, 0.3) is 0 Å². The average molecular weight is 222 g/mol. The summed E-state index contributed by atoms with van der Waals surface area (Å²) in [5, 5.41) is 3.27. The largest absolute Gasteiger partial charge is 0.370 e. The van der Waals surface area contributed by atoms with Crippen molar-refractivity contribution >= 4 is 5.82 Å². The average Bonchev–Trinajstić information content (AvgIpc) is 2.29. The van der Waals surface area contributed by atoms with Gasteiger partial charge in [-0.15, -0.1) is 0 Å². The van der Waals surface area contributed by atoms with E-state index in [9.17, 15) is 0 Å². The van der Waals surface area contributed by atoms with Crippen molar-refractivity contribution in [2.75, 3.05) is 11.9 Å². The highest BCUT2D eigenvalue weighted by atomic mass is 15.0. The molecule has 0 aliphatic rings. The highest BCUT2D eigenvalue weighted by Gasteiger charge is 2.03. The molecule has 0 aliphatic heterocycles. The van der Waals surface area contributed by atoms with Crippen LogP contribution in [0.5, 0.6) is 0 Å². The molecule has 0 saturated heterocycles. The lowest BCUT2D eigenvalue weighted by atomic mass is 10.1. The Balaban J connectivity index is 2.45. The first-order valence-corrected chi connectivity index (χ1v) is 5.94. The molecule has 4 nitrogen and oxygen atoms in total. The molecule has 0 radical (unpaired) electrons. The fourth-order valence-electron chi connectivity index (χ4n) is 1.37. The van der Waals surface area contributed by atoms with E-state index in [0.717, 1.165) is 30.9 Å². The van der Waals surface area contributed by atoms with Crippen LogP contribution in [0.25, 0.3) is 0 Å². The lowest BCUT2D eigenvalue weighted by molar-refractivity contribution is 0.613. The molecule has 1 heterocycles. The molecule has 16 heavy (non-hydrogen) atoms. The van der Waals surface area contributed by atoms with E-state index in [1.54, 1.807) is 6.33 Å². The van der Waals surface area contributed by atoms with Crippen molar-refractivity contribution < 1.29 is 0 Å². The summed E-state index contributed by atoms with van der Waals surface area (Å²) in [6.45, 7) is 7.22. The Kier molecular flexibility index (Phi) is 5.19. The van der Waals surface area contributed by atoms with E-state index < -0.39 is 0 Å². The zero-order valence-corrected chi connectivity index (χ0v) is 10.4. The van der Waals surface area contributed by atoms with E-state index >= 15 is 0 Å². The predicted octanol–water partition coefficient (Wildman–Crippen LogP) is 2.14. The Morgan fingerprint density at radius 2 is 2.12 bits per heavy atom. The van der Waals surface area contributed by atoms with Gasteiger partial charge in [0, 0.05) is 24.3 Å². The maximum atomic E-state index is 5.84. The van der Waals surface area contributed by atoms with Crippen molar-refractivity contribution in [1.29, 1.82) is 0 Å². The third-order valence-electron chi connectivity index (χ3n) is 2.63. The summed E-state index contributed by atoms with van der Waals surface area (Å²) in [6, 6.07) is 2.28. The first kappa shape index (κ1) is 12.9. The fourth-order valence-corrected chi connectivity index (χ4v) is 1.37. The number of nitrogens with one attached hydrogen (secondary N) is 1. The number of aromatic nitrogens is 2. The maximum Gasteiger partial charge on any atom is 0.129 e. The summed E-state index contributed by atoms with van der Waals surface area (Å²) in [5.41, 5.74) is 6.91. The van der Waals surface area contributed by atoms with Crippen LogP contribution in [0.4, 0.5) is 5.82 Å². The van der Waals surface area contributed by atoms with Crippen LogP contribution < -0.4 is 11.1 Å². The van der Waals surface area contributed by atoms with Gasteiger partial charge in [-0.25, -0.2) is 9.97 Å². The van der Waals surface area contributed by atoms with Crippen molar-refractivity contribution in [3.05, 3.63) is 18.1 Å². The van der Waals surface area contributed by atoms with Gasteiger partial charge >= 0.3 is 0 Å². The molecule has 1 rings (SSSR count). The summed E-state index contributed by atoms with van der Waals surface area (Å²) in [5.74, 6) is 1.32. The van der Waals surface area contributed by atoms with E-state index in [4.69, 9.17) is 5.73 Å². The molecule has 0 saturated carbocycles. The van der Waals surface area contributed by atoms with Gasteiger partial charge in [0.05, 0.1) is 0 Å². The van der Waals surface area contributed by atoms with Gasteiger partial charge in [-0.05, 0) is 18.8 Å². The summed E-state index contributed by atoms with van der Waals surface area (Å²) in [7, 11) is 0. The minimum atomic E-state index is 0.277. The quantitative estimate of drug-likeness (QED) is 0.774. The standard InChI is InChI=1S/C12H22N4/c1-4-10(13)5-6-14-12-7-11(9(2)3)15-8-16-12/h7-10H,4-6,13H2,1-3H3,(H,14,15,16). The van der Waals surface area contributed by atoms with Crippen LogP contribution in [0.2, 0.25) is 0 Å².